The summed E-state index contributed by atoms with van der Waals surface area (Å²) in [4.78, 5) is 50.0. The van der Waals surface area contributed by atoms with Crippen LogP contribution in [0.2, 0.25) is 0 Å². The van der Waals surface area contributed by atoms with E-state index in [-0.39, 0.29) is 48.2 Å². The maximum absolute atomic E-state index is 12.8. The number of esters is 1. The molecule has 7 aliphatic rings. The largest absolute Gasteiger partial charge is 0.481 e. The van der Waals surface area contributed by atoms with Gasteiger partial charge in [0, 0.05) is 44.2 Å². The molecule has 0 aromatic carbocycles. The lowest BCUT2D eigenvalue weighted by atomic mass is 9.47. The first-order chi connectivity index (χ1) is 25.7. The summed E-state index contributed by atoms with van der Waals surface area (Å²) in [5.74, 6) is 1.77. The molecule has 2 N–H and O–H groups in total. The smallest absolute Gasteiger partial charge is 0.407 e. The molecule has 0 aromatic rings. The second-order valence-electron chi connectivity index (χ2n) is 18.9. The number of rotatable bonds is 11. The fourth-order valence-corrected chi connectivity index (χ4v) is 12.7. The molecule has 13 atom stereocenters. The van der Waals surface area contributed by atoms with Crippen LogP contribution >= 0.6 is 0 Å². The average Bonchev–Trinajstić information content (AvgIpc) is 3.74. The number of hydrogen-bond acceptors (Lipinski definition) is 8. The minimum absolute atomic E-state index is 0.0284. The molecule has 0 radical (unpaired) electrons. The van der Waals surface area contributed by atoms with Gasteiger partial charge in [-0.15, -0.1) is 0 Å². The zero-order chi connectivity index (χ0) is 38.4. The molecular weight excluding hydrogens is 688 g/mol. The topological polar surface area (TPSA) is 141 Å². The maximum atomic E-state index is 12.8. The number of fused-ring (bicyclic) bond motifs is 7. The Morgan fingerprint density at radius 3 is 2.50 bits per heavy atom. The van der Waals surface area contributed by atoms with Gasteiger partial charge < -0.3 is 34.3 Å². The Balaban J connectivity index is 0.818. The van der Waals surface area contributed by atoms with Crippen molar-refractivity contribution in [2.45, 2.75) is 167 Å². The van der Waals surface area contributed by atoms with Gasteiger partial charge in [0.1, 0.15) is 12.2 Å². The predicted molar refractivity (Wildman–Crippen MR) is 201 cm³/mol. The van der Waals surface area contributed by atoms with E-state index in [0.29, 0.717) is 79.4 Å². The van der Waals surface area contributed by atoms with Crippen molar-refractivity contribution in [1.29, 1.82) is 0 Å². The van der Waals surface area contributed by atoms with Gasteiger partial charge in [0.25, 0.3) is 0 Å². The molecule has 3 saturated heterocycles. The molecule has 3 heterocycles. The highest BCUT2D eigenvalue weighted by atomic mass is 16.7. The van der Waals surface area contributed by atoms with Crippen LogP contribution in [-0.2, 0) is 33.3 Å². The molecule has 2 amide bonds. The van der Waals surface area contributed by atoms with Crippen LogP contribution in [0.3, 0.4) is 0 Å². The number of amides is 2. The van der Waals surface area contributed by atoms with E-state index in [1.54, 1.807) is 4.90 Å². The minimum atomic E-state index is -1.04. The van der Waals surface area contributed by atoms with Crippen molar-refractivity contribution in [3.8, 4) is 0 Å². The number of hydrogen-bond donors (Lipinski definition) is 2. The van der Waals surface area contributed by atoms with Gasteiger partial charge in [-0.1, -0.05) is 45.8 Å². The highest BCUT2D eigenvalue weighted by Crippen LogP contribution is 2.70. The van der Waals surface area contributed by atoms with Gasteiger partial charge in [-0.25, -0.2) is 4.79 Å². The first-order valence-electron chi connectivity index (χ1n) is 21.4. The number of aliphatic carboxylic acids is 1. The molecule has 54 heavy (non-hydrogen) atoms. The fraction of sp³-hybridized carbons (Fsp3) is 0.860. The van der Waals surface area contributed by atoms with E-state index >= 15 is 0 Å². The van der Waals surface area contributed by atoms with Crippen LogP contribution in [-0.4, -0.2) is 83.8 Å². The van der Waals surface area contributed by atoms with E-state index in [1.165, 1.54) is 31.3 Å². The summed E-state index contributed by atoms with van der Waals surface area (Å²) in [6.45, 7) is 13.4. The lowest BCUT2D eigenvalue weighted by molar-refractivity contribution is -0.272. The lowest BCUT2D eigenvalue weighted by Crippen LogP contribution is -2.52. The molecule has 6 fully saturated rings. The van der Waals surface area contributed by atoms with E-state index in [0.717, 1.165) is 51.6 Å². The van der Waals surface area contributed by atoms with Crippen LogP contribution < -0.4 is 5.32 Å². The van der Waals surface area contributed by atoms with Crippen LogP contribution in [0.1, 0.15) is 137 Å². The number of nitrogens with one attached hydrogen (secondary N) is 1. The predicted octanol–water partition coefficient (Wildman–Crippen LogP) is 7.41. The van der Waals surface area contributed by atoms with Crippen molar-refractivity contribution in [3.63, 3.8) is 0 Å². The third-order valence-corrected chi connectivity index (χ3v) is 15.6. The molecule has 0 aromatic heterocycles. The summed E-state index contributed by atoms with van der Waals surface area (Å²) in [5, 5.41) is 11.7. The summed E-state index contributed by atoms with van der Waals surface area (Å²) in [7, 11) is 0. The number of alkyl carbamates (subject to hydrolysis) is 1. The van der Waals surface area contributed by atoms with Crippen molar-refractivity contribution >= 4 is 23.9 Å². The number of allylic oxidation sites excluding steroid dienone is 1. The standard InChI is InChI=1S/C43H66N2O9/c1-26-14-19-43(51-25-26)28(3)39-35(54-43)23-34-32-11-10-29-22-30(15-17-41(29,4)33(32)16-18-42(34,39)5)53-40(50)44-20-8-6-7-9-36(46)45-24-31(21-27(45)2)52-38(49)13-12-37(47)48/h10,26-28,30-35,39H,6-9,11-25H2,1-5H3,(H,44,50)(H,47,48)/t26-,27-,28+,30+,31-,32-,33+,34+,35+,39+,41+,42+,43?/m1/s1. The third-order valence-electron chi connectivity index (χ3n) is 15.6. The maximum Gasteiger partial charge on any atom is 0.407 e. The zero-order valence-electron chi connectivity index (χ0n) is 33.4. The number of ether oxygens (including phenoxy) is 4. The van der Waals surface area contributed by atoms with Crippen molar-refractivity contribution in [2.75, 3.05) is 19.7 Å². The van der Waals surface area contributed by atoms with Crippen LogP contribution in [0.25, 0.3) is 0 Å². The van der Waals surface area contributed by atoms with Crippen molar-refractivity contribution in [3.05, 3.63) is 11.6 Å². The Kier molecular flexibility index (Phi) is 11.5. The third kappa shape index (κ3) is 7.58. The van der Waals surface area contributed by atoms with Gasteiger partial charge in [-0.05, 0) is 105 Å². The Hall–Kier alpha value is -2.66. The fourth-order valence-electron chi connectivity index (χ4n) is 12.7. The summed E-state index contributed by atoms with van der Waals surface area (Å²) >= 11 is 0. The lowest BCUT2D eigenvalue weighted by Gasteiger charge is -2.58. The first kappa shape index (κ1) is 39.6. The average molecular weight is 755 g/mol. The molecule has 1 unspecified atom stereocenters. The molecule has 0 bridgehead atoms. The van der Waals surface area contributed by atoms with Gasteiger partial charge in [0.2, 0.25) is 5.91 Å². The Morgan fingerprint density at radius 2 is 1.74 bits per heavy atom. The van der Waals surface area contributed by atoms with Crippen LogP contribution in [0, 0.1) is 46.3 Å². The number of nitrogens with zero attached hydrogens (tertiary/aromatic N) is 1. The number of carboxylic acids is 1. The molecule has 302 valence electrons. The summed E-state index contributed by atoms with van der Waals surface area (Å²) in [5.41, 5.74) is 1.98. The van der Waals surface area contributed by atoms with Crippen LogP contribution in [0.15, 0.2) is 11.6 Å². The van der Waals surface area contributed by atoms with Crippen LogP contribution in [0.4, 0.5) is 4.79 Å². The highest BCUT2D eigenvalue weighted by Gasteiger charge is 2.68. The van der Waals surface area contributed by atoms with E-state index in [1.807, 2.05) is 6.92 Å². The summed E-state index contributed by atoms with van der Waals surface area (Å²) in [6, 6.07) is -0.0340. The molecule has 4 aliphatic carbocycles. The zero-order valence-corrected chi connectivity index (χ0v) is 33.4. The normalized spacial score (nSPS) is 42.3. The molecule has 7 rings (SSSR count). The van der Waals surface area contributed by atoms with Gasteiger partial charge in [-0.2, -0.15) is 0 Å². The Morgan fingerprint density at radius 1 is 0.926 bits per heavy atom. The van der Waals surface area contributed by atoms with E-state index in [2.05, 4.69) is 39.1 Å². The number of likely N-dealkylation sites (tertiary alicyclic amines) is 1. The van der Waals surface area contributed by atoms with Crippen molar-refractivity contribution < 1.29 is 43.2 Å². The molecule has 3 aliphatic heterocycles. The molecule has 11 heteroatoms. The Bertz CT molecular complexity index is 1460. The molecular formula is C43H66N2O9. The van der Waals surface area contributed by atoms with E-state index in [9.17, 15) is 19.2 Å². The van der Waals surface area contributed by atoms with Gasteiger partial charge in [0.15, 0.2) is 5.79 Å². The van der Waals surface area contributed by atoms with E-state index < -0.39 is 18.0 Å². The second kappa shape index (κ2) is 15.7. The van der Waals surface area contributed by atoms with Gasteiger partial charge in [0.05, 0.1) is 32.1 Å². The monoisotopic (exact) mass is 754 g/mol. The quantitative estimate of drug-likeness (QED) is 0.125. The van der Waals surface area contributed by atoms with Crippen LogP contribution in [0.5, 0.6) is 0 Å². The van der Waals surface area contributed by atoms with Crippen molar-refractivity contribution in [2.24, 2.45) is 46.3 Å². The van der Waals surface area contributed by atoms with Crippen molar-refractivity contribution in [1.82, 2.24) is 10.2 Å². The van der Waals surface area contributed by atoms with Gasteiger partial charge >= 0.3 is 18.0 Å². The molecule has 11 nitrogen and oxygen atoms in total. The SMILES string of the molecule is C[C@@H]1CCC2(OC1)O[C@H]1C[C@H]3[C@@H]4CC=C5C[C@@H](OC(=O)NCCCCCC(=O)N6C[C@H](OC(=O)CCC(=O)O)C[C@H]6C)CC[C@]5(C)[C@H]4CC[C@]3(C)[C@H]1[C@@H]2C. The second-order valence-corrected chi connectivity index (χ2v) is 18.9. The molecule has 3 saturated carbocycles. The number of carbonyl (C=O) groups is 4. The summed E-state index contributed by atoms with van der Waals surface area (Å²) in [6.07, 6.45) is 14.7. The minimum Gasteiger partial charge on any atom is -0.481 e. The van der Waals surface area contributed by atoms with Gasteiger partial charge in [-0.3, -0.25) is 14.4 Å². The highest BCUT2D eigenvalue weighted by molar-refractivity contribution is 5.78. The Labute approximate surface area is 322 Å². The summed E-state index contributed by atoms with van der Waals surface area (Å²) < 4.78 is 24.8. The number of carboxylic acid groups (broad SMARTS) is 1. The van der Waals surface area contributed by atoms with E-state index in [4.69, 9.17) is 24.1 Å². The molecule has 1 spiro atoms. The number of unbranched alkanes of at least 4 members (excludes halogenated alkanes) is 2. The number of carbonyl (C=O) groups excluding carboxylic acids is 3. The first-order valence-corrected chi connectivity index (χ1v) is 21.4.